The van der Waals surface area contributed by atoms with Gasteiger partial charge in [0.05, 0.1) is 11.8 Å². The van der Waals surface area contributed by atoms with Crippen molar-refractivity contribution in [2.45, 2.75) is 12.5 Å². The van der Waals surface area contributed by atoms with Gasteiger partial charge in [0, 0.05) is 0 Å². The first-order chi connectivity index (χ1) is 7.15. The van der Waals surface area contributed by atoms with Gasteiger partial charge in [-0.3, -0.25) is 4.79 Å². The average Bonchev–Trinajstić information content (AvgIpc) is 2.69. The van der Waals surface area contributed by atoms with Crippen molar-refractivity contribution in [1.82, 2.24) is 5.32 Å². The summed E-state index contributed by atoms with van der Waals surface area (Å²) in [5.74, 6) is -1.57. The van der Waals surface area contributed by atoms with E-state index in [1.54, 1.807) is 0 Å². The molecule has 0 radical (unpaired) electrons. The molecule has 0 fully saturated rings. The molecule has 0 aromatic carbocycles. The van der Waals surface area contributed by atoms with E-state index in [0.29, 0.717) is 5.56 Å². The fraction of sp³-hybridized carbons (Fsp3) is 0.200. The Labute approximate surface area is 86.4 Å². The molecule has 0 aliphatic rings. The third-order valence-electron chi connectivity index (χ3n) is 1.79. The van der Waals surface area contributed by atoms with Crippen LogP contribution in [0, 0.1) is 0 Å². The Bertz CT molecular complexity index is 356. The highest BCUT2D eigenvalue weighted by Crippen LogP contribution is 2.01. The standard InChI is InChI=1S/C10H11NO4/c1-2-3-8(10(13)14)11-9(12)7-4-5-15-6-7/h2,4-6,8H,1,3H2,(H,11,12)(H,13,14). The van der Waals surface area contributed by atoms with E-state index in [1.807, 2.05) is 0 Å². The molecular weight excluding hydrogens is 198 g/mol. The number of carboxylic acid groups (broad SMARTS) is 1. The largest absolute Gasteiger partial charge is 0.480 e. The lowest BCUT2D eigenvalue weighted by atomic mass is 10.2. The van der Waals surface area contributed by atoms with Crippen molar-refractivity contribution in [3.8, 4) is 0 Å². The Hall–Kier alpha value is -2.04. The number of carbonyl (C=O) groups excluding carboxylic acids is 1. The highest BCUT2D eigenvalue weighted by Gasteiger charge is 2.19. The zero-order valence-electron chi connectivity index (χ0n) is 7.97. The minimum atomic E-state index is -1.09. The second kappa shape index (κ2) is 4.99. The number of carboxylic acids is 1. The van der Waals surface area contributed by atoms with Gasteiger partial charge in [0.15, 0.2) is 0 Å². The lowest BCUT2D eigenvalue weighted by Crippen LogP contribution is -2.40. The molecule has 0 saturated carbocycles. The number of hydrogen-bond donors (Lipinski definition) is 2. The van der Waals surface area contributed by atoms with E-state index in [-0.39, 0.29) is 6.42 Å². The van der Waals surface area contributed by atoms with Crippen LogP contribution in [0.3, 0.4) is 0 Å². The van der Waals surface area contributed by atoms with E-state index in [4.69, 9.17) is 9.52 Å². The van der Waals surface area contributed by atoms with Gasteiger partial charge in [0.2, 0.25) is 0 Å². The summed E-state index contributed by atoms with van der Waals surface area (Å²) >= 11 is 0. The molecule has 1 atom stereocenters. The van der Waals surface area contributed by atoms with Crippen LogP contribution >= 0.6 is 0 Å². The summed E-state index contributed by atoms with van der Waals surface area (Å²) in [5.41, 5.74) is 0.297. The van der Waals surface area contributed by atoms with Crippen molar-refractivity contribution in [3.05, 3.63) is 36.8 Å². The van der Waals surface area contributed by atoms with Crippen molar-refractivity contribution >= 4 is 11.9 Å². The van der Waals surface area contributed by atoms with Crippen LogP contribution in [0.4, 0.5) is 0 Å². The second-order valence-corrected chi connectivity index (χ2v) is 2.90. The van der Waals surface area contributed by atoms with E-state index < -0.39 is 17.9 Å². The molecule has 1 aromatic heterocycles. The third kappa shape index (κ3) is 2.98. The highest BCUT2D eigenvalue weighted by molar-refractivity contribution is 5.96. The third-order valence-corrected chi connectivity index (χ3v) is 1.79. The molecule has 1 rings (SSSR count). The average molecular weight is 209 g/mol. The van der Waals surface area contributed by atoms with Crippen molar-refractivity contribution < 1.29 is 19.1 Å². The van der Waals surface area contributed by atoms with Crippen molar-refractivity contribution in [3.63, 3.8) is 0 Å². The smallest absolute Gasteiger partial charge is 0.326 e. The molecule has 80 valence electrons. The number of rotatable bonds is 5. The first-order valence-corrected chi connectivity index (χ1v) is 4.32. The highest BCUT2D eigenvalue weighted by atomic mass is 16.4. The fourth-order valence-corrected chi connectivity index (χ4v) is 1.02. The number of nitrogens with one attached hydrogen (secondary N) is 1. The van der Waals surface area contributed by atoms with Crippen LogP contribution in [0.15, 0.2) is 35.7 Å². The molecule has 0 aliphatic heterocycles. The van der Waals surface area contributed by atoms with Crippen LogP contribution in [0.2, 0.25) is 0 Å². The monoisotopic (exact) mass is 209 g/mol. The molecule has 5 nitrogen and oxygen atoms in total. The quantitative estimate of drug-likeness (QED) is 0.710. The van der Waals surface area contributed by atoms with E-state index in [2.05, 4.69) is 11.9 Å². The van der Waals surface area contributed by atoms with Gasteiger partial charge in [-0.2, -0.15) is 0 Å². The number of carbonyl (C=O) groups is 2. The summed E-state index contributed by atoms with van der Waals surface area (Å²) in [6.07, 6.45) is 4.22. The van der Waals surface area contributed by atoms with Gasteiger partial charge in [0.1, 0.15) is 12.3 Å². The van der Waals surface area contributed by atoms with Crippen LogP contribution < -0.4 is 5.32 Å². The maximum Gasteiger partial charge on any atom is 0.326 e. The first kappa shape index (κ1) is 11.0. The lowest BCUT2D eigenvalue weighted by molar-refractivity contribution is -0.139. The van der Waals surface area contributed by atoms with Crippen molar-refractivity contribution in [2.75, 3.05) is 0 Å². The Morgan fingerprint density at radius 2 is 2.40 bits per heavy atom. The van der Waals surface area contributed by atoms with Gasteiger partial charge < -0.3 is 14.8 Å². The minimum Gasteiger partial charge on any atom is -0.480 e. The van der Waals surface area contributed by atoms with Crippen LogP contribution in [0.1, 0.15) is 16.8 Å². The zero-order valence-corrected chi connectivity index (χ0v) is 7.97. The van der Waals surface area contributed by atoms with Gasteiger partial charge in [-0.1, -0.05) is 6.08 Å². The molecular formula is C10H11NO4. The van der Waals surface area contributed by atoms with Crippen LogP contribution in [0.25, 0.3) is 0 Å². The Morgan fingerprint density at radius 3 is 2.87 bits per heavy atom. The molecule has 0 saturated heterocycles. The minimum absolute atomic E-state index is 0.179. The maximum absolute atomic E-state index is 11.4. The summed E-state index contributed by atoms with van der Waals surface area (Å²) in [6.45, 7) is 3.42. The predicted molar refractivity (Wildman–Crippen MR) is 52.4 cm³/mol. The van der Waals surface area contributed by atoms with Gasteiger partial charge >= 0.3 is 5.97 Å². The Balaban J connectivity index is 2.62. The molecule has 0 bridgehead atoms. The normalized spacial score (nSPS) is 11.7. The lowest BCUT2D eigenvalue weighted by Gasteiger charge is -2.11. The van der Waals surface area contributed by atoms with Crippen LogP contribution in [-0.2, 0) is 4.79 Å². The summed E-state index contributed by atoms with van der Waals surface area (Å²) in [5, 5.41) is 11.1. The summed E-state index contributed by atoms with van der Waals surface area (Å²) < 4.78 is 4.71. The molecule has 1 aromatic rings. The van der Waals surface area contributed by atoms with Crippen LogP contribution in [0.5, 0.6) is 0 Å². The summed E-state index contributed by atoms with van der Waals surface area (Å²) in [4.78, 5) is 22.1. The fourth-order valence-electron chi connectivity index (χ4n) is 1.02. The SMILES string of the molecule is C=CCC(NC(=O)c1ccoc1)C(=O)O. The number of furan rings is 1. The molecule has 1 unspecified atom stereocenters. The predicted octanol–water partition coefficient (Wildman–Crippen LogP) is 1.04. The molecule has 1 heterocycles. The van der Waals surface area contributed by atoms with E-state index in [0.717, 1.165) is 0 Å². The Morgan fingerprint density at radius 1 is 1.67 bits per heavy atom. The Kier molecular flexibility index (Phi) is 3.68. The number of amides is 1. The van der Waals surface area contributed by atoms with Gasteiger partial charge in [-0.05, 0) is 12.5 Å². The molecule has 2 N–H and O–H groups in total. The van der Waals surface area contributed by atoms with Gasteiger partial charge in [0.25, 0.3) is 5.91 Å². The van der Waals surface area contributed by atoms with E-state index in [9.17, 15) is 9.59 Å². The first-order valence-electron chi connectivity index (χ1n) is 4.32. The summed E-state index contributed by atoms with van der Waals surface area (Å²) in [7, 11) is 0. The van der Waals surface area contributed by atoms with Crippen LogP contribution in [-0.4, -0.2) is 23.0 Å². The number of hydrogen-bond acceptors (Lipinski definition) is 3. The van der Waals surface area contributed by atoms with Crippen molar-refractivity contribution in [1.29, 1.82) is 0 Å². The van der Waals surface area contributed by atoms with E-state index in [1.165, 1.54) is 24.7 Å². The summed E-state index contributed by atoms with van der Waals surface area (Å²) in [6, 6.07) is 0.507. The van der Waals surface area contributed by atoms with Gasteiger partial charge in [-0.15, -0.1) is 6.58 Å². The molecule has 0 spiro atoms. The van der Waals surface area contributed by atoms with E-state index >= 15 is 0 Å². The van der Waals surface area contributed by atoms with Gasteiger partial charge in [-0.25, -0.2) is 4.79 Å². The second-order valence-electron chi connectivity index (χ2n) is 2.90. The molecule has 5 heteroatoms. The zero-order chi connectivity index (χ0) is 11.3. The molecule has 0 aliphatic carbocycles. The maximum atomic E-state index is 11.4. The molecule has 1 amide bonds. The number of aliphatic carboxylic acids is 1. The van der Waals surface area contributed by atoms with Crippen molar-refractivity contribution in [2.24, 2.45) is 0 Å². The molecule has 15 heavy (non-hydrogen) atoms. The topological polar surface area (TPSA) is 79.5 Å².